The van der Waals surface area contributed by atoms with Crippen LogP contribution < -0.4 is 5.32 Å². The standard InChI is InChI=1S/C17H16N2O3S/c1-23-16-9-5-3-7-12(16)18-17(21)15-10-13(19-22-15)11-6-2-4-8-14(11)20/h2-9,15,20H,10H2,1H3,(H,18,21)/t15-/m0/s1. The smallest absolute Gasteiger partial charge is 0.268 e. The lowest BCUT2D eigenvalue weighted by Gasteiger charge is -2.12. The zero-order chi connectivity index (χ0) is 16.2. The molecule has 23 heavy (non-hydrogen) atoms. The highest BCUT2D eigenvalue weighted by Gasteiger charge is 2.30. The van der Waals surface area contributed by atoms with Crippen molar-refractivity contribution in [3.05, 3.63) is 54.1 Å². The molecule has 2 aromatic carbocycles. The Hall–Kier alpha value is -2.47. The predicted molar refractivity (Wildman–Crippen MR) is 91.0 cm³/mol. The van der Waals surface area contributed by atoms with Crippen LogP contribution in [-0.2, 0) is 9.63 Å². The summed E-state index contributed by atoms with van der Waals surface area (Å²) in [7, 11) is 0. The molecule has 1 atom stereocenters. The molecule has 0 spiro atoms. The lowest BCUT2D eigenvalue weighted by molar-refractivity contribution is -0.125. The molecule has 1 amide bonds. The van der Waals surface area contributed by atoms with E-state index in [1.54, 1.807) is 36.0 Å². The highest BCUT2D eigenvalue weighted by Crippen LogP contribution is 2.27. The van der Waals surface area contributed by atoms with E-state index in [0.29, 0.717) is 17.7 Å². The van der Waals surface area contributed by atoms with Gasteiger partial charge >= 0.3 is 0 Å². The minimum atomic E-state index is -0.695. The fourth-order valence-corrected chi connectivity index (χ4v) is 2.91. The van der Waals surface area contributed by atoms with Crippen LogP contribution in [-0.4, -0.2) is 29.1 Å². The van der Waals surface area contributed by atoms with Crippen LogP contribution in [0.15, 0.2) is 58.6 Å². The highest BCUT2D eigenvalue weighted by molar-refractivity contribution is 7.98. The molecule has 0 aliphatic carbocycles. The number of para-hydroxylation sites is 2. The van der Waals surface area contributed by atoms with Crippen molar-refractivity contribution < 1.29 is 14.7 Å². The summed E-state index contributed by atoms with van der Waals surface area (Å²) >= 11 is 1.56. The van der Waals surface area contributed by atoms with E-state index in [4.69, 9.17) is 4.84 Å². The van der Waals surface area contributed by atoms with Gasteiger partial charge in [-0.15, -0.1) is 11.8 Å². The molecule has 0 saturated heterocycles. The van der Waals surface area contributed by atoms with Crippen LogP contribution >= 0.6 is 11.8 Å². The molecule has 1 heterocycles. The fourth-order valence-electron chi connectivity index (χ4n) is 2.36. The molecule has 2 aromatic rings. The van der Waals surface area contributed by atoms with Crippen molar-refractivity contribution in [1.82, 2.24) is 0 Å². The number of phenolic OH excluding ortho intramolecular Hbond substituents is 1. The van der Waals surface area contributed by atoms with E-state index in [9.17, 15) is 9.90 Å². The first-order chi connectivity index (χ1) is 11.2. The van der Waals surface area contributed by atoms with Gasteiger partial charge in [0.05, 0.1) is 11.4 Å². The Balaban J connectivity index is 1.68. The van der Waals surface area contributed by atoms with Gasteiger partial charge in [0.25, 0.3) is 5.91 Å². The summed E-state index contributed by atoms with van der Waals surface area (Å²) in [5.74, 6) is -0.121. The van der Waals surface area contributed by atoms with Crippen molar-refractivity contribution in [3.63, 3.8) is 0 Å². The molecular formula is C17H16N2O3S. The molecular weight excluding hydrogens is 312 g/mol. The number of nitrogens with zero attached hydrogens (tertiary/aromatic N) is 1. The highest BCUT2D eigenvalue weighted by atomic mass is 32.2. The number of carbonyl (C=O) groups excluding carboxylic acids is 1. The maximum atomic E-state index is 12.4. The lowest BCUT2D eigenvalue weighted by atomic mass is 10.0. The van der Waals surface area contributed by atoms with Crippen molar-refractivity contribution in [2.75, 3.05) is 11.6 Å². The van der Waals surface area contributed by atoms with Crippen LogP contribution in [0.5, 0.6) is 5.75 Å². The Morgan fingerprint density at radius 3 is 2.78 bits per heavy atom. The number of rotatable bonds is 4. The molecule has 6 heteroatoms. The van der Waals surface area contributed by atoms with Gasteiger partial charge in [0.2, 0.25) is 6.10 Å². The molecule has 1 aliphatic rings. The quantitative estimate of drug-likeness (QED) is 0.845. The Kier molecular flexibility index (Phi) is 4.52. The van der Waals surface area contributed by atoms with Gasteiger partial charge in [-0.25, -0.2) is 0 Å². The molecule has 0 radical (unpaired) electrons. The monoisotopic (exact) mass is 328 g/mol. The number of amides is 1. The second kappa shape index (κ2) is 6.75. The summed E-state index contributed by atoms with van der Waals surface area (Å²) in [5, 5.41) is 16.7. The third-order valence-electron chi connectivity index (χ3n) is 3.54. The number of hydrogen-bond acceptors (Lipinski definition) is 5. The van der Waals surface area contributed by atoms with E-state index in [0.717, 1.165) is 10.6 Å². The van der Waals surface area contributed by atoms with Gasteiger partial charge in [0.1, 0.15) is 5.75 Å². The molecule has 2 N–H and O–H groups in total. The molecule has 0 saturated carbocycles. The molecule has 0 aromatic heterocycles. The molecule has 5 nitrogen and oxygen atoms in total. The number of oxime groups is 1. The average Bonchev–Trinajstić information content (AvgIpc) is 3.05. The minimum Gasteiger partial charge on any atom is -0.507 e. The van der Waals surface area contributed by atoms with Crippen molar-refractivity contribution in [2.45, 2.75) is 17.4 Å². The minimum absolute atomic E-state index is 0.128. The number of hydrogen-bond donors (Lipinski definition) is 2. The normalized spacial score (nSPS) is 16.6. The molecule has 0 unspecified atom stereocenters. The van der Waals surface area contributed by atoms with E-state index in [1.165, 1.54) is 0 Å². The number of benzene rings is 2. The van der Waals surface area contributed by atoms with Gasteiger partial charge in [-0.2, -0.15) is 0 Å². The Labute approximate surface area is 138 Å². The van der Waals surface area contributed by atoms with E-state index in [-0.39, 0.29) is 11.7 Å². The van der Waals surface area contributed by atoms with E-state index in [1.807, 2.05) is 30.5 Å². The number of anilines is 1. The summed E-state index contributed by atoms with van der Waals surface area (Å²) in [6, 6.07) is 14.5. The van der Waals surface area contributed by atoms with Crippen LogP contribution in [0.4, 0.5) is 5.69 Å². The molecule has 1 aliphatic heterocycles. The number of carbonyl (C=O) groups is 1. The zero-order valence-electron chi connectivity index (χ0n) is 12.5. The first kappa shape index (κ1) is 15.4. The summed E-state index contributed by atoms with van der Waals surface area (Å²) in [4.78, 5) is 18.6. The first-order valence-corrected chi connectivity index (χ1v) is 8.36. The Morgan fingerprint density at radius 1 is 1.26 bits per heavy atom. The molecule has 118 valence electrons. The van der Waals surface area contributed by atoms with Crippen LogP contribution in [0.25, 0.3) is 0 Å². The van der Waals surface area contributed by atoms with Crippen molar-refractivity contribution in [1.29, 1.82) is 0 Å². The summed E-state index contributed by atoms with van der Waals surface area (Å²) in [5.41, 5.74) is 1.92. The van der Waals surface area contributed by atoms with Crippen LogP contribution in [0.3, 0.4) is 0 Å². The average molecular weight is 328 g/mol. The maximum absolute atomic E-state index is 12.4. The van der Waals surface area contributed by atoms with E-state index >= 15 is 0 Å². The van der Waals surface area contributed by atoms with E-state index in [2.05, 4.69) is 10.5 Å². The Bertz CT molecular complexity index is 761. The van der Waals surface area contributed by atoms with Crippen LogP contribution in [0.2, 0.25) is 0 Å². The predicted octanol–water partition coefficient (Wildman–Crippen LogP) is 3.25. The maximum Gasteiger partial charge on any atom is 0.268 e. The SMILES string of the molecule is CSc1ccccc1NC(=O)[C@@H]1CC(c2ccccc2O)=NO1. The zero-order valence-corrected chi connectivity index (χ0v) is 13.3. The largest absolute Gasteiger partial charge is 0.507 e. The van der Waals surface area contributed by atoms with Crippen molar-refractivity contribution in [3.8, 4) is 5.75 Å². The topological polar surface area (TPSA) is 70.9 Å². The molecule has 0 bridgehead atoms. The Morgan fingerprint density at radius 2 is 2.00 bits per heavy atom. The summed E-state index contributed by atoms with van der Waals surface area (Å²) in [6.07, 6.45) is 1.58. The van der Waals surface area contributed by atoms with Gasteiger partial charge < -0.3 is 15.3 Å². The van der Waals surface area contributed by atoms with Crippen LogP contribution in [0.1, 0.15) is 12.0 Å². The second-order valence-electron chi connectivity index (χ2n) is 5.04. The third kappa shape index (κ3) is 3.32. The van der Waals surface area contributed by atoms with Gasteiger partial charge in [-0.05, 0) is 30.5 Å². The van der Waals surface area contributed by atoms with Gasteiger partial charge in [-0.3, -0.25) is 4.79 Å². The summed E-state index contributed by atoms with van der Waals surface area (Å²) < 4.78 is 0. The molecule has 0 fully saturated rings. The van der Waals surface area contributed by atoms with Crippen molar-refractivity contribution >= 4 is 29.1 Å². The lowest BCUT2D eigenvalue weighted by Crippen LogP contribution is -2.28. The second-order valence-corrected chi connectivity index (χ2v) is 5.89. The summed E-state index contributed by atoms with van der Waals surface area (Å²) in [6.45, 7) is 0. The van der Waals surface area contributed by atoms with E-state index < -0.39 is 6.10 Å². The third-order valence-corrected chi connectivity index (χ3v) is 4.34. The van der Waals surface area contributed by atoms with Crippen LogP contribution in [0, 0.1) is 0 Å². The van der Waals surface area contributed by atoms with Gasteiger partial charge in [0.15, 0.2) is 0 Å². The number of thioether (sulfide) groups is 1. The van der Waals surface area contributed by atoms with Gasteiger partial charge in [-0.1, -0.05) is 29.4 Å². The first-order valence-electron chi connectivity index (χ1n) is 7.14. The number of nitrogens with one attached hydrogen (secondary N) is 1. The molecule has 3 rings (SSSR count). The number of phenols is 1. The fraction of sp³-hybridized carbons (Fsp3) is 0.176. The van der Waals surface area contributed by atoms with Gasteiger partial charge in [0, 0.05) is 16.9 Å². The van der Waals surface area contributed by atoms with Crippen molar-refractivity contribution in [2.24, 2.45) is 5.16 Å². The number of aromatic hydroxyl groups is 1.